The molecule has 0 heterocycles. The molecular weight excluding hydrogens is 204 g/mol. The molecule has 4 heteroatoms. The Hall–Kier alpha value is -1.55. The van der Waals surface area contributed by atoms with E-state index >= 15 is 0 Å². The monoisotopic (exact) mass is 222 g/mol. The van der Waals surface area contributed by atoms with E-state index in [1.807, 2.05) is 6.92 Å². The third-order valence-electron chi connectivity index (χ3n) is 2.79. The number of phenols is 1. The smallest absolute Gasteiger partial charge is 0.257 e. The Kier molecular flexibility index (Phi) is 3.90. The van der Waals surface area contributed by atoms with Crippen LogP contribution in [-0.2, 0) is 0 Å². The number of phenolic OH excluding ortho intramolecular Hbond substituents is 1. The SMILES string of the molecule is Cc1cccc(C(=O)N(C)C(C)CN)c1O. The number of nitrogens with two attached hydrogens (primary N) is 1. The first-order valence-electron chi connectivity index (χ1n) is 5.24. The first kappa shape index (κ1) is 12.5. The van der Waals surface area contributed by atoms with Gasteiger partial charge in [-0.15, -0.1) is 0 Å². The molecule has 0 aliphatic heterocycles. The molecule has 1 unspecified atom stereocenters. The summed E-state index contributed by atoms with van der Waals surface area (Å²) in [5.74, 6) is -0.164. The number of aromatic hydroxyl groups is 1. The minimum absolute atomic E-state index is 0.0450. The molecule has 1 atom stereocenters. The number of rotatable bonds is 3. The molecule has 0 aliphatic carbocycles. The predicted octanol–water partition coefficient (Wildman–Crippen LogP) is 1.12. The summed E-state index contributed by atoms with van der Waals surface area (Å²) in [6, 6.07) is 5.08. The van der Waals surface area contributed by atoms with Crippen LogP contribution >= 0.6 is 0 Å². The number of carbonyl (C=O) groups is 1. The Morgan fingerprint density at radius 1 is 1.56 bits per heavy atom. The predicted molar refractivity (Wildman–Crippen MR) is 63.5 cm³/mol. The molecule has 0 bridgehead atoms. The zero-order valence-electron chi connectivity index (χ0n) is 9.90. The van der Waals surface area contributed by atoms with E-state index in [2.05, 4.69) is 0 Å². The Balaban J connectivity index is 3.01. The van der Waals surface area contributed by atoms with Gasteiger partial charge in [-0.3, -0.25) is 4.79 Å². The second-order valence-electron chi connectivity index (χ2n) is 3.97. The van der Waals surface area contributed by atoms with Crippen LogP contribution in [0.5, 0.6) is 5.75 Å². The fourth-order valence-electron chi connectivity index (χ4n) is 1.38. The van der Waals surface area contributed by atoms with Gasteiger partial charge in [0.2, 0.25) is 0 Å². The van der Waals surface area contributed by atoms with Crippen molar-refractivity contribution in [2.75, 3.05) is 13.6 Å². The lowest BCUT2D eigenvalue weighted by atomic mass is 10.1. The van der Waals surface area contributed by atoms with Crippen molar-refractivity contribution in [3.05, 3.63) is 29.3 Å². The van der Waals surface area contributed by atoms with Crippen LogP contribution in [0.2, 0.25) is 0 Å². The lowest BCUT2D eigenvalue weighted by molar-refractivity contribution is 0.0745. The van der Waals surface area contributed by atoms with E-state index in [0.717, 1.165) is 0 Å². The van der Waals surface area contributed by atoms with Crippen molar-refractivity contribution in [2.45, 2.75) is 19.9 Å². The normalized spacial score (nSPS) is 12.2. The number of benzene rings is 1. The minimum atomic E-state index is -0.209. The molecule has 1 amide bonds. The lowest BCUT2D eigenvalue weighted by Gasteiger charge is -2.24. The van der Waals surface area contributed by atoms with E-state index in [1.54, 1.807) is 32.2 Å². The molecule has 16 heavy (non-hydrogen) atoms. The average molecular weight is 222 g/mol. The zero-order valence-corrected chi connectivity index (χ0v) is 9.90. The first-order valence-corrected chi connectivity index (χ1v) is 5.24. The van der Waals surface area contributed by atoms with Crippen LogP contribution in [0.15, 0.2) is 18.2 Å². The van der Waals surface area contributed by atoms with Gasteiger partial charge in [0.05, 0.1) is 5.56 Å². The summed E-state index contributed by atoms with van der Waals surface area (Å²) >= 11 is 0. The van der Waals surface area contributed by atoms with Crippen molar-refractivity contribution in [1.82, 2.24) is 4.90 Å². The van der Waals surface area contributed by atoms with E-state index in [-0.39, 0.29) is 17.7 Å². The molecule has 0 saturated heterocycles. The van der Waals surface area contributed by atoms with Gasteiger partial charge in [0.25, 0.3) is 5.91 Å². The van der Waals surface area contributed by atoms with Crippen molar-refractivity contribution in [3.8, 4) is 5.75 Å². The van der Waals surface area contributed by atoms with Crippen LogP contribution in [0.3, 0.4) is 0 Å². The minimum Gasteiger partial charge on any atom is -0.507 e. The standard InChI is InChI=1S/C12H18N2O2/c1-8-5-4-6-10(11(8)15)12(16)14(3)9(2)7-13/h4-6,9,15H,7,13H2,1-3H3. The summed E-state index contributed by atoms with van der Waals surface area (Å²) in [4.78, 5) is 13.6. The summed E-state index contributed by atoms with van der Waals surface area (Å²) in [7, 11) is 1.68. The number of carbonyl (C=O) groups excluding carboxylic acids is 1. The maximum absolute atomic E-state index is 12.0. The average Bonchev–Trinajstić information content (AvgIpc) is 2.29. The van der Waals surface area contributed by atoms with Crippen molar-refractivity contribution < 1.29 is 9.90 Å². The molecule has 0 saturated carbocycles. The summed E-state index contributed by atoms with van der Waals surface area (Å²) in [5.41, 5.74) is 6.52. The molecule has 88 valence electrons. The summed E-state index contributed by atoms with van der Waals surface area (Å²) in [6.07, 6.45) is 0. The summed E-state index contributed by atoms with van der Waals surface area (Å²) in [5, 5.41) is 9.79. The Bertz CT molecular complexity index is 391. The number of nitrogens with zero attached hydrogens (tertiary/aromatic N) is 1. The second kappa shape index (κ2) is 4.99. The van der Waals surface area contributed by atoms with Gasteiger partial charge in [-0.1, -0.05) is 12.1 Å². The molecule has 1 rings (SSSR count). The third-order valence-corrected chi connectivity index (χ3v) is 2.79. The van der Waals surface area contributed by atoms with E-state index in [0.29, 0.717) is 17.7 Å². The summed E-state index contributed by atoms with van der Waals surface area (Å²) in [6.45, 7) is 4.03. The highest BCUT2D eigenvalue weighted by molar-refractivity contribution is 5.97. The summed E-state index contributed by atoms with van der Waals surface area (Å²) < 4.78 is 0. The first-order chi connectivity index (χ1) is 7.49. The van der Waals surface area contributed by atoms with Gasteiger partial charge in [0, 0.05) is 19.6 Å². The van der Waals surface area contributed by atoms with Crippen LogP contribution < -0.4 is 5.73 Å². The number of aryl methyl sites for hydroxylation is 1. The molecule has 1 aromatic rings. The highest BCUT2D eigenvalue weighted by Gasteiger charge is 2.19. The Morgan fingerprint density at radius 3 is 2.75 bits per heavy atom. The molecule has 0 spiro atoms. The Morgan fingerprint density at radius 2 is 2.19 bits per heavy atom. The number of hydrogen-bond acceptors (Lipinski definition) is 3. The molecule has 4 nitrogen and oxygen atoms in total. The Labute approximate surface area is 95.7 Å². The van der Waals surface area contributed by atoms with Crippen LogP contribution in [0.25, 0.3) is 0 Å². The maximum Gasteiger partial charge on any atom is 0.257 e. The highest BCUT2D eigenvalue weighted by Crippen LogP contribution is 2.22. The van der Waals surface area contributed by atoms with Gasteiger partial charge >= 0.3 is 0 Å². The number of amides is 1. The second-order valence-corrected chi connectivity index (χ2v) is 3.97. The molecule has 0 fully saturated rings. The van der Waals surface area contributed by atoms with Crippen LogP contribution in [-0.4, -0.2) is 35.5 Å². The quantitative estimate of drug-likeness (QED) is 0.805. The van der Waals surface area contributed by atoms with E-state index in [4.69, 9.17) is 5.73 Å². The van der Waals surface area contributed by atoms with E-state index in [1.165, 1.54) is 4.90 Å². The van der Waals surface area contributed by atoms with E-state index in [9.17, 15) is 9.90 Å². The topological polar surface area (TPSA) is 66.6 Å². The van der Waals surface area contributed by atoms with Crippen molar-refractivity contribution in [2.24, 2.45) is 5.73 Å². The van der Waals surface area contributed by atoms with Gasteiger partial charge in [0.1, 0.15) is 5.75 Å². The van der Waals surface area contributed by atoms with Gasteiger partial charge < -0.3 is 15.7 Å². The molecular formula is C12H18N2O2. The fourth-order valence-corrected chi connectivity index (χ4v) is 1.38. The molecule has 0 radical (unpaired) electrons. The zero-order chi connectivity index (χ0) is 12.3. The van der Waals surface area contributed by atoms with Gasteiger partial charge in [-0.2, -0.15) is 0 Å². The van der Waals surface area contributed by atoms with Crippen LogP contribution in [0.1, 0.15) is 22.8 Å². The number of likely N-dealkylation sites (N-methyl/N-ethyl adjacent to an activating group) is 1. The van der Waals surface area contributed by atoms with Crippen molar-refractivity contribution in [1.29, 1.82) is 0 Å². The lowest BCUT2D eigenvalue weighted by Crippen LogP contribution is -2.39. The largest absolute Gasteiger partial charge is 0.507 e. The van der Waals surface area contributed by atoms with Crippen LogP contribution in [0, 0.1) is 6.92 Å². The van der Waals surface area contributed by atoms with Gasteiger partial charge in [-0.25, -0.2) is 0 Å². The van der Waals surface area contributed by atoms with Crippen molar-refractivity contribution in [3.63, 3.8) is 0 Å². The van der Waals surface area contributed by atoms with Crippen molar-refractivity contribution >= 4 is 5.91 Å². The fraction of sp³-hybridized carbons (Fsp3) is 0.417. The molecule has 3 N–H and O–H groups in total. The van der Waals surface area contributed by atoms with E-state index < -0.39 is 0 Å². The maximum atomic E-state index is 12.0. The molecule has 0 aromatic heterocycles. The molecule has 0 aliphatic rings. The number of hydrogen-bond donors (Lipinski definition) is 2. The molecule has 1 aromatic carbocycles. The van der Waals surface area contributed by atoms with Gasteiger partial charge in [-0.05, 0) is 25.5 Å². The van der Waals surface area contributed by atoms with Crippen LogP contribution in [0.4, 0.5) is 0 Å². The number of para-hydroxylation sites is 1. The highest BCUT2D eigenvalue weighted by atomic mass is 16.3. The van der Waals surface area contributed by atoms with Gasteiger partial charge in [0.15, 0.2) is 0 Å². The third kappa shape index (κ3) is 2.33.